The number of aliphatic carboxylic acids is 1. The Morgan fingerprint density at radius 1 is 1.03 bits per heavy atom. The van der Waals surface area contributed by atoms with E-state index in [9.17, 15) is 14.3 Å². The number of carbonyl (C=O) groups is 1. The van der Waals surface area contributed by atoms with E-state index in [0.29, 0.717) is 11.3 Å². The first kappa shape index (κ1) is 21.0. The van der Waals surface area contributed by atoms with Crippen molar-refractivity contribution >= 4 is 40.9 Å². The van der Waals surface area contributed by atoms with E-state index in [-0.39, 0.29) is 12.2 Å². The molecular formula is C23H17Cl2FO3S. The highest BCUT2D eigenvalue weighted by atomic mass is 35.5. The second-order valence-electron chi connectivity index (χ2n) is 7.07. The van der Waals surface area contributed by atoms with Gasteiger partial charge in [-0.25, -0.2) is 4.39 Å². The molecule has 0 aliphatic heterocycles. The largest absolute Gasteiger partial charge is 0.481 e. The van der Waals surface area contributed by atoms with Crippen LogP contribution in [-0.4, -0.2) is 20.7 Å². The summed E-state index contributed by atoms with van der Waals surface area (Å²) in [5.74, 6) is -1.13. The molecule has 3 nitrogen and oxygen atoms in total. The maximum absolute atomic E-state index is 14.3. The van der Waals surface area contributed by atoms with Crippen molar-refractivity contribution in [1.82, 2.24) is 0 Å². The molecule has 0 aromatic heterocycles. The predicted molar refractivity (Wildman–Crippen MR) is 117 cm³/mol. The van der Waals surface area contributed by atoms with Crippen molar-refractivity contribution in [1.29, 1.82) is 0 Å². The summed E-state index contributed by atoms with van der Waals surface area (Å²) in [5.41, 5.74) is -0.829. The summed E-state index contributed by atoms with van der Waals surface area (Å²) in [6.45, 7) is 0. The minimum absolute atomic E-state index is 0.0156. The maximum Gasteiger partial charge on any atom is 0.314 e. The molecule has 1 aliphatic carbocycles. The van der Waals surface area contributed by atoms with Crippen molar-refractivity contribution in [3.05, 3.63) is 90.2 Å². The molecule has 30 heavy (non-hydrogen) atoms. The highest BCUT2D eigenvalue weighted by molar-refractivity contribution is 8.00. The molecule has 3 aromatic rings. The summed E-state index contributed by atoms with van der Waals surface area (Å²) in [4.78, 5) is 13.1. The lowest BCUT2D eigenvalue weighted by Crippen LogP contribution is -2.25. The van der Waals surface area contributed by atoms with Gasteiger partial charge in [0, 0.05) is 4.90 Å². The van der Waals surface area contributed by atoms with Crippen LogP contribution in [0.25, 0.3) is 0 Å². The molecule has 1 aliphatic rings. The first-order chi connectivity index (χ1) is 14.3. The van der Waals surface area contributed by atoms with Gasteiger partial charge in [0.15, 0.2) is 11.6 Å². The summed E-state index contributed by atoms with van der Waals surface area (Å²) >= 11 is 14.3. The highest BCUT2D eigenvalue weighted by Crippen LogP contribution is 2.71. The van der Waals surface area contributed by atoms with Gasteiger partial charge in [0.05, 0.1) is 5.25 Å². The van der Waals surface area contributed by atoms with E-state index in [4.69, 9.17) is 27.9 Å². The lowest BCUT2D eigenvalue weighted by molar-refractivity contribution is -0.143. The van der Waals surface area contributed by atoms with E-state index < -0.39 is 26.8 Å². The second-order valence-corrected chi connectivity index (χ2v) is 9.63. The third-order valence-electron chi connectivity index (χ3n) is 5.12. The minimum Gasteiger partial charge on any atom is -0.481 e. The van der Waals surface area contributed by atoms with Gasteiger partial charge in [0.2, 0.25) is 0 Å². The zero-order chi connectivity index (χ0) is 21.4. The average Bonchev–Trinajstić information content (AvgIpc) is 3.20. The summed E-state index contributed by atoms with van der Waals surface area (Å²) < 4.78 is 18.4. The Hall–Kier alpha value is -2.21. The van der Waals surface area contributed by atoms with E-state index in [2.05, 4.69) is 0 Å². The number of halogens is 3. The van der Waals surface area contributed by atoms with Crippen molar-refractivity contribution in [3.63, 3.8) is 0 Å². The molecule has 1 saturated carbocycles. The summed E-state index contributed by atoms with van der Waals surface area (Å²) in [5, 5.41) is 9.46. The molecular weight excluding hydrogens is 446 g/mol. The van der Waals surface area contributed by atoms with E-state index in [0.717, 1.165) is 4.90 Å². The fraction of sp³-hybridized carbons (Fsp3) is 0.174. The van der Waals surface area contributed by atoms with Crippen LogP contribution in [0.5, 0.6) is 11.5 Å². The Kier molecular flexibility index (Phi) is 5.71. The van der Waals surface area contributed by atoms with Gasteiger partial charge in [-0.1, -0.05) is 65.7 Å². The summed E-state index contributed by atoms with van der Waals surface area (Å²) in [7, 11) is 0. The van der Waals surface area contributed by atoms with Gasteiger partial charge in [0.25, 0.3) is 0 Å². The minimum atomic E-state index is -1.46. The van der Waals surface area contributed by atoms with Gasteiger partial charge in [-0.05, 0) is 48.4 Å². The third kappa shape index (κ3) is 3.78. The zero-order valence-corrected chi connectivity index (χ0v) is 17.9. The highest BCUT2D eigenvalue weighted by Gasteiger charge is 2.81. The molecule has 2 unspecified atom stereocenters. The van der Waals surface area contributed by atoms with Gasteiger partial charge >= 0.3 is 5.97 Å². The molecule has 0 amide bonds. The fourth-order valence-corrected chi connectivity index (χ4v) is 6.07. The number of para-hydroxylation sites is 1. The molecule has 0 spiro atoms. The van der Waals surface area contributed by atoms with Crippen LogP contribution in [0.2, 0.25) is 0 Å². The second kappa shape index (κ2) is 8.14. The molecule has 0 radical (unpaired) electrons. The molecule has 4 rings (SSSR count). The van der Waals surface area contributed by atoms with Crippen molar-refractivity contribution < 1.29 is 19.0 Å². The molecule has 0 heterocycles. The Morgan fingerprint density at radius 3 is 2.30 bits per heavy atom. The van der Waals surface area contributed by atoms with E-state index in [1.54, 1.807) is 24.3 Å². The monoisotopic (exact) mass is 462 g/mol. The van der Waals surface area contributed by atoms with Crippen molar-refractivity contribution in [2.24, 2.45) is 5.41 Å². The zero-order valence-electron chi connectivity index (χ0n) is 15.6. The third-order valence-corrected chi connectivity index (χ3v) is 8.02. The van der Waals surface area contributed by atoms with Crippen LogP contribution in [0.15, 0.2) is 83.8 Å². The lowest BCUT2D eigenvalue weighted by Gasteiger charge is -2.15. The first-order valence-electron chi connectivity index (χ1n) is 9.19. The molecule has 0 bridgehead atoms. The number of carboxylic acid groups (broad SMARTS) is 1. The molecule has 0 saturated heterocycles. The molecule has 2 atom stereocenters. The molecule has 154 valence electrons. The van der Waals surface area contributed by atoms with Crippen LogP contribution >= 0.6 is 35.0 Å². The SMILES string of the molecule is O=C(O)C1(Cc2ccc(F)c(Oc3ccccc3)c2)C(Sc2ccccc2)C1(Cl)Cl. The van der Waals surface area contributed by atoms with Crippen LogP contribution in [-0.2, 0) is 11.2 Å². The number of rotatable bonds is 7. The Balaban J connectivity index is 1.61. The number of hydrogen-bond acceptors (Lipinski definition) is 3. The maximum atomic E-state index is 14.3. The number of alkyl halides is 2. The van der Waals surface area contributed by atoms with Gasteiger partial charge in [-0.15, -0.1) is 11.8 Å². The van der Waals surface area contributed by atoms with Crippen LogP contribution in [0.4, 0.5) is 4.39 Å². The lowest BCUT2D eigenvalue weighted by atomic mass is 9.96. The van der Waals surface area contributed by atoms with E-state index >= 15 is 0 Å². The van der Waals surface area contributed by atoms with Crippen molar-refractivity contribution in [2.45, 2.75) is 20.9 Å². The van der Waals surface area contributed by atoms with E-state index in [1.165, 1.54) is 30.0 Å². The van der Waals surface area contributed by atoms with Gasteiger partial charge < -0.3 is 9.84 Å². The molecule has 7 heteroatoms. The van der Waals surface area contributed by atoms with Crippen molar-refractivity contribution in [3.8, 4) is 11.5 Å². The normalized spacial score (nSPS) is 21.8. The fourth-order valence-electron chi connectivity index (χ4n) is 3.45. The standard InChI is InChI=1S/C23H17Cl2FO3S/c24-23(25)20(30-17-9-5-2-6-10-17)22(23,21(27)28)14-15-11-12-18(26)19(13-15)29-16-7-3-1-4-8-16/h1-13,20H,14H2,(H,27,28). The van der Waals surface area contributed by atoms with Crippen LogP contribution in [0.1, 0.15) is 5.56 Å². The quantitative estimate of drug-likeness (QED) is 0.402. The number of ether oxygens (including phenoxy) is 1. The predicted octanol–water partition coefficient (Wildman–Crippen LogP) is 6.58. The van der Waals surface area contributed by atoms with Crippen LogP contribution in [0.3, 0.4) is 0 Å². The number of carboxylic acids is 1. The van der Waals surface area contributed by atoms with Crippen LogP contribution < -0.4 is 4.74 Å². The van der Waals surface area contributed by atoms with Crippen molar-refractivity contribution in [2.75, 3.05) is 0 Å². The molecule has 1 fully saturated rings. The van der Waals surface area contributed by atoms with Gasteiger partial charge in [0.1, 0.15) is 15.5 Å². The number of hydrogen-bond donors (Lipinski definition) is 1. The summed E-state index contributed by atoms with van der Waals surface area (Å²) in [6, 6.07) is 22.5. The smallest absolute Gasteiger partial charge is 0.314 e. The first-order valence-corrected chi connectivity index (χ1v) is 10.8. The number of thioether (sulfide) groups is 1. The molecule has 3 aromatic carbocycles. The Labute approximate surface area is 187 Å². The van der Waals surface area contributed by atoms with Gasteiger partial charge in [-0.2, -0.15) is 0 Å². The van der Waals surface area contributed by atoms with E-state index in [1.807, 2.05) is 36.4 Å². The van der Waals surface area contributed by atoms with Crippen LogP contribution in [0, 0.1) is 11.2 Å². The molecule has 1 N–H and O–H groups in total. The Bertz CT molecular complexity index is 1060. The number of benzene rings is 3. The average molecular weight is 463 g/mol. The van der Waals surface area contributed by atoms with Gasteiger partial charge in [-0.3, -0.25) is 4.79 Å². The summed E-state index contributed by atoms with van der Waals surface area (Å²) in [6.07, 6.45) is 0.0469. The topological polar surface area (TPSA) is 46.5 Å². The Morgan fingerprint density at radius 2 is 1.67 bits per heavy atom.